The number of carboxylic acid groups (broad SMARTS) is 1. The number of rotatable bonds is 7. The lowest BCUT2D eigenvalue weighted by Crippen LogP contribution is -2.55. The summed E-state index contributed by atoms with van der Waals surface area (Å²) in [6, 6.07) is -1.80. The molecule has 2 atom stereocenters. The molecule has 0 radical (unpaired) electrons. The third-order valence-electron chi connectivity index (χ3n) is 3.71. The molecular weight excluding hydrogens is 314 g/mol. The maximum Gasteiger partial charge on any atom is 0.417 e. The molecule has 1 aliphatic heterocycles. The van der Waals surface area contributed by atoms with Crippen molar-refractivity contribution < 1.29 is 24.2 Å². The SMILES string of the molecule is CC(C)(C)OC(=O)N(C(=O)[C@@H]1CCCN1)[C@@H](CCCCN)C(=O)O. The second-order valence-corrected chi connectivity index (χ2v) is 6.98. The molecule has 1 saturated heterocycles. The first-order valence-electron chi connectivity index (χ1n) is 8.39. The number of ether oxygens (including phenoxy) is 1. The Morgan fingerprint density at radius 3 is 2.46 bits per heavy atom. The van der Waals surface area contributed by atoms with Gasteiger partial charge in [-0.15, -0.1) is 0 Å². The number of carbonyl (C=O) groups excluding carboxylic acids is 2. The molecule has 0 aromatic heterocycles. The van der Waals surface area contributed by atoms with Crippen molar-refractivity contribution in [3.8, 4) is 0 Å². The molecule has 24 heavy (non-hydrogen) atoms. The topological polar surface area (TPSA) is 122 Å². The van der Waals surface area contributed by atoms with Crippen LogP contribution in [-0.4, -0.2) is 58.8 Å². The van der Waals surface area contributed by atoms with Crippen molar-refractivity contribution >= 4 is 18.0 Å². The lowest BCUT2D eigenvalue weighted by atomic mass is 10.1. The summed E-state index contributed by atoms with van der Waals surface area (Å²) in [6.45, 7) is 6.11. The average molecular weight is 343 g/mol. The van der Waals surface area contributed by atoms with E-state index < -0.39 is 35.7 Å². The fourth-order valence-electron chi connectivity index (χ4n) is 2.59. The summed E-state index contributed by atoms with van der Waals surface area (Å²) in [7, 11) is 0. The second-order valence-electron chi connectivity index (χ2n) is 6.98. The smallest absolute Gasteiger partial charge is 0.417 e. The Balaban J connectivity index is 3.01. The van der Waals surface area contributed by atoms with Crippen molar-refractivity contribution in [3.05, 3.63) is 0 Å². The number of nitrogens with two attached hydrogens (primary N) is 1. The van der Waals surface area contributed by atoms with Crippen molar-refractivity contribution in [1.29, 1.82) is 0 Å². The fourth-order valence-corrected chi connectivity index (χ4v) is 2.59. The molecule has 0 bridgehead atoms. The number of amides is 2. The van der Waals surface area contributed by atoms with Gasteiger partial charge in [-0.05, 0) is 66.0 Å². The van der Waals surface area contributed by atoms with Gasteiger partial charge in [0.1, 0.15) is 11.6 Å². The summed E-state index contributed by atoms with van der Waals surface area (Å²) >= 11 is 0. The van der Waals surface area contributed by atoms with Gasteiger partial charge in [-0.1, -0.05) is 0 Å². The second kappa shape index (κ2) is 8.98. The predicted molar refractivity (Wildman–Crippen MR) is 88.4 cm³/mol. The van der Waals surface area contributed by atoms with Crippen molar-refractivity contribution in [3.63, 3.8) is 0 Å². The zero-order valence-electron chi connectivity index (χ0n) is 14.7. The number of nitrogens with zero attached hydrogens (tertiary/aromatic N) is 1. The lowest BCUT2D eigenvalue weighted by Gasteiger charge is -2.31. The van der Waals surface area contributed by atoms with E-state index >= 15 is 0 Å². The summed E-state index contributed by atoms with van der Waals surface area (Å²) < 4.78 is 5.27. The summed E-state index contributed by atoms with van der Waals surface area (Å²) in [5.74, 6) is -1.76. The van der Waals surface area contributed by atoms with Crippen LogP contribution in [0, 0.1) is 0 Å². The third kappa shape index (κ3) is 6.09. The van der Waals surface area contributed by atoms with E-state index in [-0.39, 0.29) is 6.42 Å². The monoisotopic (exact) mass is 343 g/mol. The van der Waals surface area contributed by atoms with E-state index in [9.17, 15) is 19.5 Å². The number of unbranched alkanes of at least 4 members (excludes halogenated alkanes) is 1. The molecule has 0 aromatic carbocycles. The summed E-state index contributed by atoms with van der Waals surface area (Å²) in [4.78, 5) is 37.7. The molecule has 8 nitrogen and oxygen atoms in total. The van der Waals surface area contributed by atoms with E-state index in [1.54, 1.807) is 20.8 Å². The maximum absolute atomic E-state index is 12.7. The number of hydrogen-bond acceptors (Lipinski definition) is 6. The van der Waals surface area contributed by atoms with E-state index in [0.717, 1.165) is 11.3 Å². The number of carboxylic acids is 1. The number of hydrogen-bond donors (Lipinski definition) is 3. The Morgan fingerprint density at radius 2 is 2.00 bits per heavy atom. The highest BCUT2D eigenvalue weighted by Gasteiger charge is 2.40. The van der Waals surface area contributed by atoms with Gasteiger partial charge in [-0.3, -0.25) is 4.79 Å². The minimum Gasteiger partial charge on any atom is -0.480 e. The summed E-state index contributed by atoms with van der Waals surface area (Å²) in [5, 5.41) is 12.5. The van der Waals surface area contributed by atoms with Gasteiger partial charge in [0, 0.05) is 0 Å². The molecule has 0 spiro atoms. The standard InChI is InChI=1S/C16H29N3O5/c1-16(2,3)24-15(23)19(13(20)11-7-6-10-18-11)12(14(21)22)8-4-5-9-17/h11-12,18H,4-10,17H2,1-3H3,(H,21,22)/t11-,12-/m0/s1. The van der Waals surface area contributed by atoms with Crippen LogP contribution in [0.25, 0.3) is 0 Å². The Labute approximate surface area is 142 Å². The number of nitrogens with one attached hydrogen (secondary N) is 1. The Kier molecular flexibility index (Phi) is 7.62. The molecular formula is C16H29N3O5. The minimum atomic E-state index is -1.25. The predicted octanol–water partition coefficient (Wildman–Crippen LogP) is 1.08. The lowest BCUT2D eigenvalue weighted by molar-refractivity contribution is -0.150. The summed E-state index contributed by atoms with van der Waals surface area (Å²) in [5.41, 5.74) is 4.62. The van der Waals surface area contributed by atoms with Crippen LogP contribution in [0.5, 0.6) is 0 Å². The maximum atomic E-state index is 12.7. The molecule has 0 aromatic rings. The molecule has 0 saturated carbocycles. The number of aliphatic carboxylic acids is 1. The first-order chi connectivity index (χ1) is 11.2. The number of carbonyl (C=O) groups is 3. The highest BCUT2D eigenvalue weighted by molar-refractivity contribution is 5.99. The molecule has 0 aliphatic carbocycles. The van der Waals surface area contributed by atoms with Gasteiger partial charge in [-0.25, -0.2) is 14.5 Å². The molecule has 1 aliphatic rings. The highest BCUT2D eigenvalue weighted by atomic mass is 16.6. The van der Waals surface area contributed by atoms with Crippen LogP contribution >= 0.6 is 0 Å². The van der Waals surface area contributed by atoms with Gasteiger partial charge in [0.15, 0.2) is 0 Å². The Bertz CT molecular complexity index is 455. The van der Waals surface area contributed by atoms with Gasteiger partial charge >= 0.3 is 12.1 Å². The largest absolute Gasteiger partial charge is 0.480 e. The molecule has 138 valence electrons. The first kappa shape index (κ1) is 20.4. The van der Waals surface area contributed by atoms with Crippen LogP contribution in [0.4, 0.5) is 4.79 Å². The minimum absolute atomic E-state index is 0.157. The van der Waals surface area contributed by atoms with Gasteiger partial charge in [-0.2, -0.15) is 0 Å². The molecule has 1 rings (SSSR count). The Hall–Kier alpha value is -1.67. The van der Waals surface area contributed by atoms with Crippen molar-refractivity contribution in [2.45, 2.75) is 70.6 Å². The molecule has 4 N–H and O–H groups in total. The molecule has 1 heterocycles. The van der Waals surface area contributed by atoms with Gasteiger partial charge in [0.25, 0.3) is 0 Å². The molecule has 0 unspecified atom stereocenters. The van der Waals surface area contributed by atoms with Crippen LogP contribution in [-0.2, 0) is 14.3 Å². The zero-order chi connectivity index (χ0) is 18.3. The summed E-state index contributed by atoms with van der Waals surface area (Å²) in [6.07, 6.45) is 1.77. The van der Waals surface area contributed by atoms with Crippen molar-refractivity contribution in [2.24, 2.45) is 5.73 Å². The fraction of sp³-hybridized carbons (Fsp3) is 0.812. The quantitative estimate of drug-likeness (QED) is 0.591. The Morgan fingerprint density at radius 1 is 1.33 bits per heavy atom. The van der Waals surface area contributed by atoms with Gasteiger partial charge in [0.05, 0.1) is 6.04 Å². The van der Waals surface area contributed by atoms with Crippen LogP contribution in [0.15, 0.2) is 0 Å². The van der Waals surface area contributed by atoms with E-state index in [0.29, 0.717) is 32.4 Å². The van der Waals surface area contributed by atoms with Crippen molar-refractivity contribution in [2.75, 3.05) is 13.1 Å². The number of imide groups is 1. The molecule has 2 amide bonds. The van der Waals surface area contributed by atoms with Crippen LogP contribution < -0.4 is 11.1 Å². The molecule has 8 heteroatoms. The third-order valence-corrected chi connectivity index (χ3v) is 3.71. The first-order valence-corrected chi connectivity index (χ1v) is 8.39. The van der Waals surface area contributed by atoms with Gasteiger partial charge < -0.3 is 20.9 Å². The van der Waals surface area contributed by atoms with E-state index in [1.807, 2.05) is 0 Å². The average Bonchev–Trinajstić information content (AvgIpc) is 2.97. The van der Waals surface area contributed by atoms with Crippen LogP contribution in [0.2, 0.25) is 0 Å². The van der Waals surface area contributed by atoms with Crippen LogP contribution in [0.1, 0.15) is 52.9 Å². The zero-order valence-corrected chi connectivity index (χ0v) is 14.7. The van der Waals surface area contributed by atoms with Crippen LogP contribution in [0.3, 0.4) is 0 Å². The highest BCUT2D eigenvalue weighted by Crippen LogP contribution is 2.19. The van der Waals surface area contributed by atoms with Gasteiger partial charge in [0.2, 0.25) is 5.91 Å². The van der Waals surface area contributed by atoms with E-state index in [2.05, 4.69) is 5.32 Å². The van der Waals surface area contributed by atoms with E-state index in [1.165, 1.54) is 0 Å². The van der Waals surface area contributed by atoms with E-state index in [4.69, 9.17) is 10.5 Å². The molecule has 1 fully saturated rings. The normalized spacial score (nSPS) is 18.9. The van der Waals surface area contributed by atoms with Crippen molar-refractivity contribution in [1.82, 2.24) is 10.2 Å².